The zero-order valence-corrected chi connectivity index (χ0v) is 16.8. The summed E-state index contributed by atoms with van der Waals surface area (Å²) in [4.78, 5) is 12.0. The average Bonchev–Trinajstić information content (AvgIpc) is 2.70. The maximum Gasteiger partial charge on any atom is 0.166 e. The van der Waals surface area contributed by atoms with Crippen molar-refractivity contribution in [2.75, 3.05) is 6.61 Å². The van der Waals surface area contributed by atoms with Crippen LogP contribution in [0.4, 0.5) is 0 Å². The molecule has 0 saturated heterocycles. The van der Waals surface area contributed by atoms with E-state index in [1.165, 1.54) is 70.4 Å². The van der Waals surface area contributed by atoms with Crippen molar-refractivity contribution in [3.8, 4) is 22.9 Å². The minimum absolute atomic E-state index is 0.168. The molecule has 0 atom stereocenters. The fourth-order valence-corrected chi connectivity index (χ4v) is 3.17. The Bertz CT molecular complexity index is 662. The van der Waals surface area contributed by atoms with E-state index in [1.807, 2.05) is 13.0 Å². The molecule has 0 aliphatic carbocycles. The summed E-state index contributed by atoms with van der Waals surface area (Å²) in [6.07, 6.45) is 15.9. The van der Waals surface area contributed by atoms with Crippen molar-refractivity contribution in [2.24, 2.45) is 0 Å². The van der Waals surface area contributed by atoms with Crippen LogP contribution in [0.5, 0.6) is 11.5 Å². The molecular weight excluding hydrogens is 338 g/mol. The van der Waals surface area contributed by atoms with E-state index in [1.54, 1.807) is 6.07 Å². The molecule has 1 N–H and O–H groups in total. The molecule has 27 heavy (non-hydrogen) atoms. The lowest BCUT2D eigenvalue weighted by atomic mass is 10.1. The van der Waals surface area contributed by atoms with Crippen LogP contribution in [0.15, 0.2) is 24.8 Å². The maximum absolute atomic E-state index is 10.4. The number of rotatable bonds is 13. The highest BCUT2D eigenvalue weighted by atomic mass is 16.5. The van der Waals surface area contributed by atoms with Gasteiger partial charge in [-0.15, -0.1) is 0 Å². The van der Waals surface area contributed by atoms with Crippen LogP contribution in [0, 0.1) is 6.92 Å². The van der Waals surface area contributed by atoms with Crippen LogP contribution in [-0.2, 0) is 0 Å². The molecule has 0 bridgehead atoms. The third kappa shape index (κ3) is 7.16. The van der Waals surface area contributed by atoms with Crippen molar-refractivity contribution in [3.05, 3.63) is 30.4 Å². The normalized spacial score (nSPS) is 10.9. The monoisotopic (exact) mass is 371 g/mol. The standard InChI is InChI=1S/C22H33N3O2/c1-3-4-5-6-7-8-9-10-11-12-15-27-20-14-13-19(21(26)18(20)2)22-24-16-23-17-25-22/h13-14,16-17,26H,3-12,15H2,1-2H3. The third-order valence-electron chi connectivity index (χ3n) is 4.87. The summed E-state index contributed by atoms with van der Waals surface area (Å²) < 4.78 is 5.87. The Hall–Kier alpha value is -2.17. The van der Waals surface area contributed by atoms with Gasteiger partial charge in [0.2, 0.25) is 0 Å². The molecule has 2 rings (SSSR count). The van der Waals surface area contributed by atoms with Gasteiger partial charge in [0.15, 0.2) is 5.82 Å². The van der Waals surface area contributed by atoms with Crippen molar-refractivity contribution >= 4 is 0 Å². The van der Waals surface area contributed by atoms with Crippen LogP contribution in [0.3, 0.4) is 0 Å². The SMILES string of the molecule is CCCCCCCCCCCCOc1ccc(-c2ncncn2)c(O)c1C. The molecule has 148 valence electrons. The van der Waals surface area contributed by atoms with E-state index in [-0.39, 0.29) is 5.75 Å². The molecule has 0 aliphatic heterocycles. The van der Waals surface area contributed by atoms with Gasteiger partial charge in [0.1, 0.15) is 24.2 Å². The van der Waals surface area contributed by atoms with E-state index in [0.29, 0.717) is 18.0 Å². The summed E-state index contributed by atoms with van der Waals surface area (Å²) in [7, 11) is 0. The molecule has 1 aromatic heterocycles. The van der Waals surface area contributed by atoms with E-state index in [9.17, 15) is 5.11 Å². The van der Waals surface area contributed by atoms with Gasteiger partial charge >= 0.3 is 0 Å². The number of unbranched alkanes of at least 4 members (excludes halogenated alkanes) is 9. The Labute approximate surface area is 163 Å². The summed E-state index contributed by atoms with van der Waals surface area (Å²) in [5.41, 5.74) is 1.32. The van der Waals surface area contributed by atoms with Gasteiger partial charge in [-0.25, -0.2) is 15.0 Å². The molecule has 1 aromatic carbocycles. The molecule has 5 nitrogen and oxygen atoms in total. The second-order valence-corrected chi connectivity index (χ2v) is 7.08. The lowest BCUT2D eigenvalue weighted by Gasteiger charge is -2.12. The highest BCUT2D eigenvalue weighted by Crippen LogP contribution is 2.35. The van der Waals surface area contributed by atoms with Gasteiger partial charge in [0.05, 0.1) is 12.2 Å². The van der Waals surface area contributed by atoms with Gasteiger partial charge in [0, 0.05) is 5.56 Å². The molecular formula is C22H33N3O2. The molecule has 0 saturated carbocycles. The van der Waals surface area contributed by atoms with Crippen molar-refractivity contribution in [2.45, 2.75) is 78.1 Å². The van der Waals surface area contributed by atoms with Crippen LogP contribution in [-0.4, -0.2) is 26.7 Å². The second-order valence-electron chi connectivity index (χ2n) is 7.08. The third-order valence-corrected chi connectivity index (χ3v) is 4.87. The Morgan fingerprint density at radius 1 is 0.852 bits per heavy atom. The Morgan fingerprint density at radius 2 is 1.44 bits per heavy atom. The van der Waals surface area contributed by atoms with Crippen LogP contribution in [0.25, 0.3) is 11.4 Å². The number of hydrogen-bond acceptors (Lipinski definition) is 5. The first kappa shape index (κ1) is 21.1. The lowest BCUT2D eigenvalue weighted by Crippen LogP contribution is -2.00. The summed E-state index contributed by atoms with van der Waals surface area (Å²) in [5, 5.41) is 10.4. The van der Waals surface area contributed by atoms with Crippen molar-refractivity contribution < 1.29 is 9.84 Å². The van der Waals surface area contributed by atoms with Gasteiger partial charge in [-0.2, -0.15) is 0 Å². The number of phenols is 1. The van der Waals surface area contributed by atoms with Crippen LogP contribution < -0.4 is 4.74 Å². The molecule has 0 fully saturated rings. The molecule has 5 heteroatoms. The molecule has 0 amide bonds. The first-order valence-electron chi connectivity index (χ1n) is 10.3. The smallest absolute Gasteiger partial charge is 0.166 e. The Kier molecular flexibility index (Phi) is 9.60. The summed E-state index contributed by atoms with van der Waals surface area (Å²) in [6, 6.07) is 3.68. The van der Waals surface area contributed by atoms with Crippen molar-refractivity contribution in [3.63, 3.8) is 0 Å². The predicted octanol–water partition coefficient (Wildman–Crippen LogP) is 5.85. The lowest BCUT2D eigenvalue weighted by molar-refractivity contribution is 0.300. The number of hydrogen-bond donors (Lipinski definition) is 1. The van der Waals surface area contributed by atoms with E-state index in [4.69, 9.17) is 4.74 Å². The number of nitrogens with zero attached hydrogens (tertiary/aromatic N) is 3. The largest absolute Gasteiger partial charge is 0.507 e. The number of benzene rings is 1. The summed E-state index contributed by atoms with van der Waals surface area (Å²) in [6.45, 7) is 4.80. The Balaban J connectivity index is 1.66. The molecule has 2 aromatic rings. The van der Waals surface area contributed by atoms with Crippen molar-refractivity contribution in [1.82, 2.24) is 15.0 Å². The van der Waals surface area contributed by atoms with Gasteiger partial charge in [-0.1, -0.05) is 64.7 Å². The molecule has 0 spiro atoms. The summed E-state index contributed by atoms with van der Waals surface area (Å²) >= 11 is 0. The van der Waals surface area contributed by atoms with Gasteiger partial charge in [0.25, 0.3) is 0 Å². The zero-order chi connectivity index (χ0) is 19.3. The fourth-order valence-electron chi connectivity index (χ4n) is 3.17. The van der Waals surface area contributed by atoms with Crippen LogP contribution >= 0.6 is 0 Å². The number of aromatic nitrogens is 3. The molecule has 0 aliphatic rings. The summed E-state index contributed by atoms with van der Waals surface area (Å²) in [5.74, 6) is 1.36. The van der Waals surface area contributed by atoms with E-state index >= 15 is 0 Å². The van der Waals surface area contributed by atoms with E-state index < -0.39 is 0 Å². The highest BCUT2D eigenvalue weighted by Gasteiger charge is 2.13. The Morgan fingerprint density at radius 3 is 2.07 bits per heavy atom. The fraction of sp³-hybridized carbons (Fsp3) is 0.591. The second kappa shape index (κ2) is 12.3. The minimum Gasteiger partial charge on any atom is -0.507 e. The van der Waals surface area contributed by atoms with Gasteiger partial charge < -0.3 is 9.84 Å². The molecule has 1 heterocycles. The maximum atomic E-state index is 10.4. The number of ether oxygens (including phenoxy) is 1. The molecule has 0 radical (unpaired) electrons. The number of phenolic OH excluding ortho intramolecular Hbond substituents is 1. The van der Waals surface area contributed by atoms with Gasteiger partial charge in [-0.05, 0) is 25.5 Å². The van der Waals surface area contributed by atoms with E-state index in [0.717, 1.165) is 17.7 Å². The quantitative estimate of drug-likeness (QED) is 0.447. The first-order chi connectivity index (χ1) is 13.2. The number of aromatic hydroxyl groups is 1. The van der Waals surface area contributed by atoms with Crippen molar-refractivity contribution in [1.29, 1.82) is 0 Å². The topological polar surface area (TPSA) is 68.1 Å². The predicted molar refractivity (Wildman–Crippen MR) is 109 cm³/mol. The van der Waals surface area contributed by atoms with Crippen LogP contribution in [0.1, 0.15) is 76.7 Å². The minimum atomic E-state index is 0.168. The van der Waals surface area contributed by atoms with E-state index in [2.05, 4.69) is 21.9 Å². The first-order valence-corrected chi connectivity index (χ1v) is 10.3. The van der Waals surface area contributed by atoms with Crippen LogP contribution in [0.2, 0.25) is 0 Å². The zero-order valence-electron chi connectivity index (χ0n) is 16.8. The van der Waals surface area contributed by atoms with Gasteiger partial charge in [-0.3, -0.25) is 0 Å². The average molecular weight is 372 g/mol. The molecule has 0 unspecified atom stereocenters. The highest BCUT2D eigenvalue weighted by molar-refractivity contribution is 5.68.